The molecule has 2 heterocycles. The lowest BCUT2D eigenvalue weighted by molar-refractivity contribution is -0.133. The van der Waals surface area contributed by atoms with Crippen molar-refractivity contribution in [1.29, 1.82) is 0 Å². The van der Waals surface area contributed by atoms with Crippen molar-refractivity contribution in [3.63, 3.8) is 0 Å². The normalized spacial score (nSPS) is 12.3. The summed E-state index contributed by atoms with van der Waals surface area (Å²) in [5.41, 5.74) is 2.07. The Morgan fingerprint density at radius 1 is 1.18 bits per heavy atom. The van der Waals surface area contributed by atoms with E-state index in [4.69, 9.17) is 0 Å². The zero-order chi connectivity index (χ0) is 15.5. The highest BCUT2D eigenvalue weighted by atomic mass is 16.2. The zero-order valence-electron chi connectivity index (χ0n) is 12.8. The Labute approximate surface area is 130 Å². The molecule has 1 aromatic carbocycles. The van der Waals surface area contributed by atoms with E-state index < -0.39 is 0 Å². The molecule has 3 rings (SSSR count). The van der Waals surface area contributed by atoms with E-state index >= 15 is 0 Å². The van der Waals surface area contributed by atoms with Crippen LogP contribution in [0.4, 0.5) is 0 Å². The summed E-state index contributed by atoms with van der Waals surface area (Å²) in [6, 6.07) is 13.6. The van der Waals surface area contributed by atoms with Crippen molar-refractivity contribution in [3.8, 4) is 0 Å². The monoisotopic (exact) mass is 293 g/mol. The van der Waals surface area contributed by atoms with Crippen LogP contribution < -0.4 is 0 Å². The van der Waals surface area contributed by atoms with Crippen LogP contribution in [0.15, 0.2) is 61.1 Å². The molecule has 0 unspecified atom stereocenters. The molecule has 0 saturated heterocycles. The molecule has 1 atom stereocenters. The van der Waals surface area contributed by atoms with Crippen LogP contribution in [-0.2, 0) is 11.3 Å². The predicted octanol–water partition coefficient (Wildman–Crippen LogP) is 3.26. The number of rotatable bonds is 4. The summed E-state index contributed by atoms with van der Waals surface area (Å²) in [5.74, 6) is 0.0945. The Hall–Kier alpha value is -2.62. The van der Waals surface area contributed by atoms with Gasteiger partial charge in [0.05, 0.1) is 5.52 Å². The summed E-state index contributed by atoms with van der Waals surface area (Å²) in [6.45, 7) is 2.50. The molecule has 0 radical (unpaired) electrons. The molecule has 112 valence electrons. The molecular formula is C18H19N3O. The van der Waals surface area contributed by atoms with Crippen molar-refractivity contribution >= 4 is 16.8 Å². The number of likely N-dealkylation sites (N-methyl/N-ethyl adjacent to an activating group) is 1. The van der Waals surface area contributed by atoms with E-state index in [0.717, 1.165) is 16.5 Å². The molecule has 0 aliphatic heterocycles. The molecule has 0 saturated carbocycles. The van der Waals surface area contributed by atoms with Gasteiger partial charge < -0.3 is 9.47 Å². The molecule has 4 nitrogen and oxygen atoms in total. The first-order valence-electron chi connectivity index (χ1n) is 7.37. The molecule has 3 aromatic rings. The summed E-state index contributed by atoms with van der Waals surface area (Å²) in [6.07, 6.45) is 5.63. The van der Waals surface area contributed by atoms with E-state index in [1.807, 2.05) is 73.4 Å². The molecule has 4 heteroatoms. The molecule has 0 N–H and O–H groups in total. The number of carbonyl (C=O) groups excluding carboxylic acids is 1. The average Bonchev–Trinajstić information content (AvgIpc) is 3.08. The zero-order valence-corrected chi connectivity index (χ0v) is 12.8. The summed E-state index contributed by atoms with van der Waals surface area (Å²) < 4.78 is 1.92. The lowest BCUT2D eigenvalue weighted by Crippen LogP contribution is -2.32. The molecule has 0 aliphatic rings. The van der Waals surface area contributed by atoms with E-state index in [9.17, 15) is 4.79 Å². The summed E-state index contributed by atoms with van der Waals surface area (Å²) in [4.78, 5) is 18.7. The second-order valence-corrected chi connectivity index (χ2v) is 5.49. The fraction of sp³-hybridized carbons (Fsp3) is 0.222. The number of carbonyl (C=O) groups is 1. The van der Waals surface area contributed by atoms with Crippen LogP contribution in [0.3, 0.4) is 0 Å². The van der Waals surface area contributed by atoms with Gasteiger partial charge in [0.25, 0.3) is 0 Å². The molecule has 1 amide bonds. The fourth-order valence-corrected chi connectivity index (χ4v) is 2.68. The summed E-state index contributed by atoms with van der Waals surface area (Å²) in [5, 5.41) is 1.10. The number of nitrogens with zero attached hydrogens (tertiary/aromatic N) is 3. The van der Waals surface area contributed by atoms with Gasteiger partial charge in [0.1, 0.15) is 6.04 Å². The van der Waals surface area contributed by atoms with Crippen molar-refractivity contribution in [2.75, 3.05) is 7.05 Å². The number of para-hydroxylation sites is 1. The molecule has 0 aliphatic carbocycles. The molecule has 0 bridgehead atoms. The fourth-order valence-electron chi connectivity index (χ4n) is 2.68. The van der Waals surface area contributed by atoms with E-state index in [-0.39, 0.29) is 11.9 Å². The quantitative estimate of drug-likeness (QED) is 0.740. The van der Waals surface area contributed by atoms with Gasteiger partial charge in [0.15, 0.2) is 0 Å². The SMILES string of the molecule is C[C@@H](C(=O)N(C)Cc1ccnc2ccccc12)n1cccc1. The third-order valence-corrected chi connectivity index (χ3v) is 3.96. The Morgan fingerprint density at radius 2 is 1.91 bits per heavy atom. The Balaban J connectivity index is 1.81. The van der Waals surface area contributed by atoms with Crippen molar-refractivity contribution in [3.05, 3.63) is 66.6 Å². The van der Waals surface area contributed by atoms with E-state index in [0.29, 0.717) is 6.54 Å². The van der Waals surface area contributed by atoms with Crippen LogP contribution >= 0.6 is 0 Å². The maximum absolute atomic E-state index is 12.6. The van der Waals surface area contributed by atoms with Crippen molar-refractivity contribution < 1.29 is 4.79 Å². The molecule has 0 fully saturated rings. The lowest BCUT2D eigenvalue weighted by atomic mass is 10.1. The van der Waals surface area contributed by atoms with Gasteiger partial charge >= 0.3 is 0 Å². The third kappa shape index (κ3) is 2.72. The highest BCUT2D eigenvalue weighted by molar-refractivity contribution is 5.83. The number of amides is 1. The van der Waals surface area contributed by atoms with E-state index in [1.54, 1.807) is 11.1 Å². The molecule has 22 heavy (non-hydrogen) atoms. The minimum atomic E-state index is -0.201. The topological polar surface area (TPSA) is 38.1 Å². The summed E-state index contributed by atoms with van der Waals surface area (Å²) >= 11 is 0. The first-order chi connectivity index (χ1) is 10.7. The molecular weight excluding hydrogens is 274 g/mol. The minimum Gasteiger partial charge on any atom is -0.342 e. The van der Waals surface area contributed by atoms with Crippen LogP contribution in [0.1, 0.15) is 18.5 Å². The number of hydrogen-bond acceptors (Lipinski definition) is 2. The second-order valence-electron chi connectivity index (χ2n) is 5.49. The Morgan fingerprint density at radius 3 is 2.68 bits per heavy atom. The van der Waals surface area contributed by atoms with Crippen molar-refractivity contribution in [2.24, 2.45) is 0 Å². The Bertz CT molecular complexity index is 775. The highest BCUT2D eigenvalue weighted by Crippen LogP contribution is 2.19. The predicted molar refractivity (Wildman–Crippen MR) is 87.4 cm³/mol. The third-order valence-electron chi connectivity index (χ3n) is 3.96. The smallest absolute Gasteiger partial charge is 0.245 e. The number of aromatic nitrogens is 2. The van der Waals surface area contributed by atoms with Crippen LogP contribution in [-0.4, -0.2) is 27.4 Å². The van der Waals surface area contributed by atoms with Gasteiger partial charge in [-0.25, -0.2) is 0 Å². The van der Waals surface area contributed by atoms with Gasteiger partial charge in [-0.2, -0.15) is 0 Å². The summed E-state index contributed by atoms with van der Waals surface area (Å²) in [7, 11) is 1.84. The van der Waals surface area contributed by atoms with Gasteiger partial charge in [-0.05, 0) is 36.8 Å². The van der Waals surface area contributed by atoms with Crippen LogP contribution in [0.25, 0.3) is 10.9 Å². The van der Waals surface area contributed by atoms with Gasteiger partial charge in [0, 0.05) is 37.6 Å². The Kier molecular flexibility index (Phi) is 3.92. The largest absolute Gasteiger partial charge is 0.342 e. The maximum atomic E-state index is 12.6. The lowest BCUT2D eigenvalue weighted by Gasteiger charge is -2.23. The molecule has 2 aromatic heterocycles. The highest BCUT2D eigenvalue weighted by Gasteiger charge is 2.19. The van der Waals surface area contributed by atoms with E-state index in [2.05, 4.69) is 4.98 Å². The number of pyridine rings is 1. The number of fused-ring (bicyclic) bond motifs is 1. The van der Waals surface area contributed by atoms with Gasteiger partial charge in [-0.15, -0.1) is 0 Å². The van der Waals surface area contributed by atoms with Gasteiger partial charge in [-0.1, -0.05) is 18.2 Å². The van der Waals surface area contributed by atoms with Crippen molar-refractivity contribution in [1.82, 2.24) is 14.5 Å². The van der Waals surface area contributed by atoms with Crippen LogP contribution in [0.2, 0.25) is 0 Å². The first kappa shape index (κ1) is 14.3. The maximum Gasteiger partial charge on any atom is 0.245 e. The minimum absolute atomic E-state index is 0.0945. The van der Waals surface area contributed by atoms with Crippen molar-refractivity contribution in [2.45, 2.75) is 19.5 Å². The van der Waals surface area contributed by atoms with Gasteiger partial charge in [0.2, 0.25) is 5.91 Å². The number of hydrogen-bond donors (Lipinski definition) is 0. The standard InChI is InChI=1S/C18H19N3O/c1-14(21-11-5-6-12-21)18(22)20(2)13-15-9-10-19-17-8-4-3-7-16(15)17/h3-12,14H,13H2,1-2H3/t14-/m0/s1. The van der Waals surface area contributed by atoms with Crippen LogP contribution in [0, 0.1) is 0 Å². The average molecular weight is 293 g/mol. The first-order valence-corrected chi connectivity index (χ1v) is 7.37. The van der Waals surface area contributed by atoms with E-state index in [1.165, 1.54) is 0 Å². The van der Waals surface area contributed by atoms with Crippen LogP contribution in [0.5, 0.6) is 0 Å². The molecule has 0 spiro atoms. The second kappa shape index (κ2) is 6.02. The number of benzene rings is 1. The van der Waals surface area contributed by atoms with Gasteiger partial charge in [-0.3, -0.25) is 9.78 Å².